The number of likely N-dealkylation sites (N-methyl/N-ethyl adjacent to an activating group) is 1. The molecule has 0 aliphatic heterocycles. The molecule has 1 aliphatic rings. The molecule has 0 bridgehead atoms. The lowest BCUT2D eigenvalue weighted by Crippen LogP contribution is -2.27. The van der Waals surface area contributed by atoms with Crippen LogP contribution in [0.2, 0.25) is 10.0 Å². The van der Waals surface area contributed by atoms with Gasteiger partial charge in [-0.15, -0.1) is 6.58 Å². The van der Waals surface area contributed by atoms with Gasteiger partial charge in [-0.3, -0.25) is 0 Å². The van der Waals surface area contributed by atoms with E-state index >= 15 is 0 Å². The Morgan fingerprint density at radius 2 is 2.10 bits per heavy atom. The summed E-state index contributed by atoms with van der Waals surface area (Å²) in [6.07, 6.45) is 3.79. The van der Waals surface area contributed by atoms with Crippen LogP contribution in [0, 0.1) is 0 Å². The van der Waals surface area contributed by atoms with Crippen LogP contribution >= 0.6 is 23.2 Å². The van der Waals surface area contributed by atoms with Gasteiger partial charge in [0.15, 0.2) is 0 Å². The second kappa shape index (κ2) is 6.67. The summed E-state index contributed by atoms with van der Waals surface area (Å²) in [4.78, 5) is 0.0745. The third-order valence-electron chi connectivity index (χ3n) is 3.37. The highest BCUT2D eigenvalue weighted by Gasteiger charge is 2.26. The molecule has 1 aromatic rings. The van der Waals surface area contributed by atoms with Crippen molar-refractivity contribution >= 4 is 33.2 Å². The van der Waals surface area contributed by atoms with E-state index in [1.807, 2.05) is 0 Å². The second-order valence-corrected chi connectivity index (χ2v) is 7.87. The number of hydrogen-bond acceptors (Lipinski definition) is 3. The van der Waals surface area contributed by atoms with Gasteiger partial charge in [0.05, 0.1) is 5.02 Å². The molecule has 2 rings (SSSR count). The van der Waals surface area contributed by atoms with Crippen LogP contribution in [0.5, 0.6) is 0 Å². The maximum Gasteiger partial charge on any atom is 0.244 e. The zero-order valence-corrected chi connectivity index (χ0v) is 14.1. The minimum atomic E-state index is -3.65. The first-order chi connectivity index (χ1) is 9.87. The Morgan fingerprint density at radius 1 is 1.43 bits per heavy atom. The normalized spacial score (nSPS) is 15.4. The fourth-order valence-electron chi connectivity index (χ4n) is 1.92. The van der Waals surface area contributed by atoms with Crippen molar-refractivity contribution in [2.24, 2.45) is 0 Å². The van der Waals surface area contributed by atoms with Crippen LogP contribution in [-0.2, 0) is 16.6 Å². The first-order valence-corrected chi connectivity index (χ1v) is 8.85. The topological polar surface area (TPSA) is 49.4 Å². The number of sulfonamides is 1. The number of nitrogens with one attached hydrogen (secondary N) is 1. The van der Waals surface area contributed by atoms with Crippen LogP contribution in [-0.4, -0.2) is 32.4 Å². The standard InChI is InChI=1S/C14H18Cl2N2O2S/c1-3-8-18(2)21(19,20)13-7-6-12(15)11(14(13)16)9-17-10-4-5-10/h3,6-7,10,17H,1,4-5,8-9H2,2H3. The Kier molecular flexibility index (Phi) is 5.33. The Bertz CT molecular complexity index is 643. The molecule has 1 N–H and O–H groups in total. The number of hydrogen-bond donors (Lipinski definition) is 1. The third-order valence-corrected chi connectivity index (χ3v) is 6.13. The van der Waals surface area contributed by atoms with Crippen LogP contribution in [0.3, 0.4) is 0 Å². The molecule has 0 amide bonds. The van der Waals surface area contributed by atoms with Crippen molar-refractivity contribution in [2.75, 3.05) is 13.6 Å². The van der Waals surface area contributed by atoms with Crippen molar-refractivity contribution in [3.63, 3.8) is 0 Å². The van der Waals surface area contributed by atoms with Crippen molar-refractivity contribution in [1.29, 1.82) is 0 Å². The van der Waals surface area contributed by atoms with Gasteiger partial charge in [0.1, 0.15) is 4.90 Å². The summed E-state index contributed by atoms with van der Waals surface area (Å²) in [5.74, 6) is 0. The Hall–Kier alpha value is -0.590. The fourth-order valence-corrected chi connectivity index (χ4v) is 3.94. The molecule has 0 saturated heterocycles. The van der Waals surface area contributed by atoms with Gasteiger partial charge in [0.25, 0.3) is 0 Å². The molecule has 0 spiro atoms. The van der Waals surface area contributed by atoms with E-state index in [-0.39, 0.29) is 16.5 Å². The van der Waals surface area contributed by atoms with Gasteiger partial charge in [-0.05, 0) is 25.0 Å². The molecule has 1 saturated carbocycles. The Balaban J connectivity index is 2.35. The predicted octanol–water partition coefficient (Wildman–Crippen LogP) is 3.05. The maximum absolute atomic E-state index is 12.5. The van der Waals surface area contributed by atoms with E-state index in [0.29, 0.717) is 23.2 Å². The van der Waals surface area contributed by atoms with Crippen molar-refractivity contribution in [3.05, 3.63) is 40.4 Å². The van der Waals surface area contributed by atoms with Crippen LogP contribution < -0.4 is 5.32 Å². The zero-order valence-electron chi connectivity index (χ0n) is 11.8. The highest BCUT2D eigenvalue weighted by molar-refractivity contribution is 7.89. The molecule has 1 aliphatic carbocycles. The highest BCUT2D eigenvalue weighted by atomic mass is 35.5. The first kappa shape index (κ1) is 16.8. The highest BCUT2D eigenvalue weighted by Crippen LogP contribution is 2.33. The summed E-state index contributed by atoms with van der Waals surface area (Å²) < 4.78 is 26.2. The monoisotopic (exact) mass is 348 g/mol. The molecule has 0 radical (unpaired) electrons. The summed E-state index contributed by atoms with van der Waals surface area (Å²) in [6, 6.07) is 3.51. The minimum Gasteiger partial charge on any atom is -0.310 e. The molecule has 0 heterocycles. The summed E-state index contributed by atoms with van der Waals surface area (Å²) >= 11 is 12.4. The lowest BCUT2D eigenvalue weighted by molar-refractivity contribution is 0.499. The lowest BCUT2D eigenvalue weighted by Gasteiger charge is -2.18. The molecular weight excluding hydrogens is 331 g/mol. The van der Waals surface area contributed by atoms with Gasteiger partial charge in [-0.2, -0.15) is 4.31 Å². The van der Waals surface area contributed by atoms with Gasteiger partial charge in [-0.25, -0.2) is 8.42 Å². The fraction of sp³-hybridized carbons (Fsp3) is 0.429. The van der Waals surface area contributed by atoms with Crippen LogP contribution in [0.4, 0.5) is 0 Å². The summed E-state index contributed by atoms with van der Waals surface area (Å²) in [7, 11) is -2.16. The number of benzene rings is 1. The van der Waals surface area contributed by atoms with Gasteiger partial charge < -0.3 is 5.32 Å². The van der Waals surface area contributed by atoms with Gasteiger partial charge in [0, 0.05) is 36.8 Å². The summed E-state index contributed by atoms with van der Waals surface area (Å²) in [5, 5.41) is 3.95. The van der Waals surface area contributed by atoms with E-state index < -0.39 is 10.0 Å². The Labute approximate surface area is 135 Å². The molecule has 0 atom stereocenters. The molecule has 4 nitrogen and oxygen atoms in total. The van der Waals surface area contributed by atoms with Crippen LogP contribution in [0.1, 0.15) is 18.4 Å². The van der Waals surface area contributed by atoms with E-state index in [1.165, 1.54) is 23.5 Å². The molecule has 1 fully saturated rings. The minimum absolute atomic E-state index is 0.0745. The molecule has 7 heteroatoms. The number of halogens is 2. The summed E-state index contributed by atoms with van der Waals surface area (Å²) in [6.45, 7) is 4.24. The van der Waals surface area contributed by atoms with E-state index in [9.17, 15) is 8.42 Å². The van der Waals surface area contributed by atoms with Gasteiger partial charge in [-0.1, -0.05) is 29.3 Å². The van der Waals surface area contributed by atoms with E-state index in [2.05, 4.69) is 11.9 Å². The van der Waals surface area contributed by atoms with Gasteiger partial charge >= 0.3 is 0 Å². The largest absolute Gasteiger partial charge is 0.310 e. The van der Waals surface area contributed by atoms with Crippen molar-refractivity contribution in [2.45, 2.75) is 30.3 Å². The third kappa shape index (κ3) is 3.79. The first-order valence-electron chi connectivity index (χ1n) is 6.65. The van der Waals surface area contributed by atoms with E-state index in [0.717, 1.165) is 12.8 Å². The van der Waals surface area contributed by atoms with Crippen molar-refractivity contribution in [1.82, 2.24) is 9.62 Å². The SMILES string of the molecule is C=CCN(C)S(=O)(=O)c1ccc(Cl)c(CNC2CC2)c1Cl. The summed E-state index contributed by atoms with van der Waals surface area (Å²) in [5.41, 5.74) is 0.623. The number of nitrogens with zero attached hydrogens (tertiary/aromatic N) is 1. The zero-order chi connectivity index (χ0) is 15.6. The smallest absolute Gasteiger partial charge is 0.244 e. The average Bonchev–Trinajstić information content (AvgIpc) is 3.22. The number of rotatable bonds is 7. The van der Waals surface area contributed by atoms with Crippen molar-refractivity contribution < 1.29 is 8.42 Å². The maximum atomic E-state index is 12.5. The van der Waals surface area contributed by atoms with Crippen LogP contribution in [0.15, 0.2) is 29.7 Å². The van der Waals surface area contributed by atoms with E-state index in [1.54, 1.807) is 6.07 Å². The quantitative estimate of drug-likeness (QED) is 0.770. The van der Waals surface area contributed by atoms with Crippen LogP contribution in [0.25, 0.3) is 0 Å². The molecule has 1 aromatic carbocycles. The predicted molar refractivity (Wildman–Crippen MR) is 86.3 cm³/mol. The Morgan fingerprint density at radius 3 is 2.67 bits per heavy atom. The molecular formula is C14H18Cl2N2O2S. The van der Waals surface area contributed by atoms with E-state index in [4.69, 9.17) is 23.2 Å². The molecule has 0 aromatic heterocycles. The average molecular weight is 349 g/mol. The molecule has 0 unspecified atom stereocenters. The lowest BCUT2D eigenvalue weighted by atomic mass is 10.2. The van der Waals surface area contributed by atoms with Crippen molar-refractivity contribution in [3.8, 4) is 0 Å². The molecule has 21 heavy (non-hydrogen) atoms. The molecule has 116 valence electrons. The van der Waals surface area contributed by atoms with Gasteiger partial charge in [0.2, 0.25) is 10.0 Å². The second-order valence-electron chi connectivity index (χ2n) is 5.07.